The van der Waals surface area contributed by atoms with Crippen LogP contribution in [0.3, 0.4) is 0 Å². The summed E-state index contributed by atoms with van der Waals surface area (Å²) in [5.74, 6) is 0.0131. The van der Waals surface area contributed by atoms with Crippen LogP contribution in [-0.4, -0.2) is 64.0 Å². The van der Waals surface area contributed by atoms with Gasteiger partial charge in [0.15, 0.2) is 0 Å². The van der Waals surface area contributed by atoms with Crippen molar-refractivity contribution in [2.45, 2.75) is 25.4 Å². The van der Waals surface area contributed by atoms with E-state index in [2.05, 4.69) is 0 Å². The fraction of sp³-hybridized carbons (Fsp3) is 0.917. The quantitative estimate of drug-likeness (QED) is 0.590. The Morgan fingerprint density at radius 3 is 3.00 bits per heavy atom. The summed E-state index contributed by atoms with van der Waals surface area (Å²) in [4.78, 5) is 13.3. The minimum atomic E-state index is 0.0131. The predicted molar refractivity (Wildman–Crippen MR) is 63.9 cm³/mol. The van der Waals surface area contributed by atoms with Crippen molar-refractivity contribution in [2.75, 3.05) is 47.1 Å². The zero-order valence-corrected chi connectivity index (χ0v) is 10.8. The Morgan fingerprint density at radius 2 is 2.35 bits per heavy atom. The van der Waals surface area contributed by atoms with Gasteiger partial charge in [0.05, 0.1) is 12.7 Å². The fourth-order valence-corrected chi connectivity index (χ4v) is 1.73. The van der Waals surface area contributed by atoms with Crippen LogP contribution in [0.5, 0.6) is 0 Å². The van der Waals surface area contributed by atoms with Crippen molar-refractivity contribution < 1.29 is 19.0 Å². The molecule has 0 aromatic heterocycles. The molecule has 0 spiro atoms. The van der Waals surface area contributed by atoms with E-state index in [4.69, 9.17) is 14.2 Å². The third-order valence-electron chi connectivity index (χ3n) is 2.82. The summed E-state index contributed by atoms with van der Waals surface area (Å²) in [5.41, 5.74) is 0. The molecule has 0 aromatic carbocycles. The largest absolute Gasteiger partial charge is 0.385 e. The lowest BCUT2D eigenvalue weighted by Gasteiger charge is -2.17. The van der Waals surface area contributed by atoms with E-state index < -0.39 is 0 Å². The number of amides is 1. The average Bonchev–Trinajstić information content (AvgIpc) is 2.82. The van der Waals surface area contributed by atoms with Crippen LogP contribution in [0, 0.1) is 0 Å². The highest BCUT2D eigenvalue weighted by Crippen LogP contribution is 2.11. The van der Waals surface area contributed by atoms with Gasteiger partial charge in [-0.3, -0.25) is 4.79 Å². The zero-order chi connectivity index (χ0) is 12.5. The van der Waals surface area contributed by atoms with Crippen LogP contribution in [0.1, 0.15) is 19.3 Å². The van der Waals surface area contributed by atoms with E-state index in [1.165, 1.54) is 0 Å². The third kappa shape index (κ3) is 6.00. The molecule has 1 rings (SSSR count). The molecule has 1 fully saturated rings. The molecule has 1 amide bonds. The Kier molecular flexibility index (Phi) is 7.16. The summed E-state index contributed by atoms with van der Waals surface area (Å²) in [6.45, 7) is 2.87. The van der Waals surface area contributed by atoms with E-state index in [-0.39, 0.29) is 18.6 Å². The lowest BCUT2D eigenvalue weighted by molar-refractivity contribution is -0.136. The number of rotatable bonds is 8. The predicted octanol–water partition coefficient (Wildman–Crippen LogP) is 0.677. The van der Waals surface area contributed by atoms with Gasteiger partial charge in [-0.15, -0.1) is 0 Å². The van der Waals surface area contributed by atoms with Crippen LogP contribution in [-0.2, 0) is 19.0 Å². The van der Waals surface area contributed by atoms with Crippen LogP contribution >= 0.6 is 0 Å². The number of likely N-dealkylation sites (N-methyl/N-ethyl adjacent to an activating group) is 1. The van der Waals surface area contributed by atoms with Gasteiger partial charge < -0.3 is 19.1 Å². The first kappa shape index (κ1) is 14.4. The molecule has 1 aliphatic rings. The van der Waals surface area contributed by atoms with Crippen molar-refractivity contribution >= 4 is 5.91 Å². The Morgan fingerprint density at radius 1 is 1.53 bits per heavy atom. The van der Waals surface area contributed by atoms with Crippen LogP contribution in [0.2, 0.25) is 0 Å². The van der Waals surface area contributed by atoms with Gasteiger partial charge in [0.25, 0.3) is 0 Å². The first-order valence-electron chi connectivity index (χ1n) is 6.16. The highest BCUT2D eigenvalue weighted by Gasteiger charge is 2.16. The van der Waals surface area contributed by atoms with Crippen LogP contribution in [0.4, 0.5) is 0 Å². The van der Waals surface area contributed by atoms with Crippen molar-refractivity contribution in [3.8, 4) is 0 Å². The summed E-state index contributed by atoms with van der Waals surface area (Å²) in [6.07, 6.45) is 3.17. The molecule has 1 saturated heterocycles. The summed E-state index contributed by atoms with van der Waals surface area (Å²) < 4.78 is 15.7. The van der Waals surface area contributed by atoms with E-state index >= 15 is 0 Å². The second-order valence-corrected chi connectivity index (χ2v) is 4.31. The molecule has 0 aromatic rings. The lowest BCUT2D eigenvalue weighted by atomic mass is 10.2. The molecule has 1 aliphatic heterocycles. The first-order valence-corrected chi connectivity index (χ1v) is 6.16. The number of ether oxygens (including phenoxy) is 3. The number of carbonyl (C=O) groups excluding carboxylic acids is 1. The van der Waals surface area contributed by atoms with Crippen molar-refractivity contribution in [2.24, 2.45) is 0 Å². The topological polar surface area (TPSA) is 48.0 Å². The molecule has 5 nitrogen and oxygen atoms in total. The molecule has 100 valence electrons. The molecular formula is C12H23NO4. The van der Waals surface area contributed by atoms with Gasteiger partial charge in [-0.1, -0.05) is 0 Å². The molecule has 5 heteroatoms. The second-order valence-electron chi connectivity index (χ2n) is 4.31. The number of methoxy groups -OCH3 is 1. The summed E-state index contributed by atoms with van der Waals surface area (Å²) in [6, 6.07) is 0. The maximum atomic E-state index is 11.6. The van der Waals surface area contributed by atoms with Gasteiger partial charge in [-0.25, -0.2) is 0 Å². The normalized spacial score (nSPS) is 19.5. The Balaban J connectivity index is 2.02. The third-order valence-corrected chi connectivity index (χ3v) is 2.82. The number of hydrogen-bond acceptors (Lipinski definition) is 4. The van der Waals surface area contributed by atoms with Crippen molar-refractivity contribution in [1.29, 1.82) is 0 Å². The van der Waals surface area contributed by atoms with E-state index in [1.807, 2.05) is 0 Å². The number of nitrogens with zero attached hydrogens (tertiary/aromatic N) is 1. The van der Waals surface area contributed by atoms with Gasteiger partial charge >= 0.3 is 0 Å². The van der Waals surface area contributed by atoms with Crippen molar-refractivity contribution in [3.63, 3.8) is 0 Å². The zero-order valence-electron chi connectivity index (χ0n) is 10.8. The lowest BCUT2D eigenvalue weighted by Crippen LogP contribution is -2.32. The van der Waals surface area contributed by atoms with Crippen LogP contribution in [0.25, 0.3) is 0 Å². The van der Waals surface area contributed by atoms with E-state index in [1.54, 1.807) is 19.1 Å². The molecular weight excluding hydrogens is 222 g/mol. The summed E-state index contributed by atoms with van der Waals surface area (Å²) >= 11 is 0. The average molecular weight is 245 g/mol. The second kappa shape index (κ2) is 8.44. The monoisotopic (exact) mass is 245 g/mol. The maximum absolute atomic E-state index is 11.6. The van der Waals surface area contributed by atoms with Gasteiger partial charge in [-0.2, -0.15) is 0 Å². The molecule has 0 N–H and O–H groups in total. The van der Waals surface area contributed by atoms with E-state index in [0.29, 0.717) is 19.8 Å². The van der Waals surface area contributed by atoms with Gasteiger partial charge in [0.2, 0.25) is 5.91 Å². The SMILES string of the molecule is COCCCN(C)C(=O)COCC1CCCO1. The Bertz CT molecular complexity index is 217. The highest BCUT2D eigenvalue weighted by molar-refractivity contribution is 5.77. The Hall–Kier alpha value is -0.650. The number of carbonyl (C=O) groups is 1. The smallest absolute Gasteiger partial charge is 0.248 e. The van der Waals surface area contributed by atoms with Gasteiger partial charge in [0, 0.05) is 33.9 Å². The maximum Gasteiger partial charge on any atom is 0.248 e. The van der Waals surface area contributed by atoms with Gasteiger partial charge in [-0.05, 0) is 19.3 Å². The van der Waals surface area contributed by atoms with Crippen LogP contribution in [0.15, 0.2) is 0 Å². The Labute approximate surface area is 103 Å². The summed E-state index contributed by atoms with van der Waals surface area (Å²) in [7, 11) is 3.44. The van der Waals surface area contributed by atoms with E-state index in [9.17, 15) is 4.79 Å². The van der Waals surface area contributed by atoms with Crippen LogP contribution < -0.4 is 0 Å². The first-order chi connectivity index (χ1) is 8.24. The highest BCUT2D eigenvalue weighted by atomic mass is 16.5. The molecule has 1 heterocycles. The van der Waals surface area contributed by atoms with Gasteiger partial charge in [0.1, 0.15) is 6.61 Å². The fourth-order valence-electron chi connectivity index (χ4n) is 1.73. The standard InChI is InChI=1S/C12H23NO4/c1-13(6-4-7-15-2)12(14)10-16-9-11-5-3-8-17-11/h11H,3-10H2,1-2H3. The van der Waals surface area contributed by atoms with Crippen molar-refractivity contribution in [3.05, 3.63) is 0 Å². The molecule has 0 radical (unpaired) electrons. The molecule has 0 bridgehead atoms. The molecule has 1 unspecified atom stereocenters. The number of hydrogen-bond donors (Lipinski definition) is 0. The minimum absolute atomic E-state index is 0.0131. The summed E-state index contributed by atoms with van der Waals surface area (Å²) in [5, 5.41) is 0. The molecule has 0 aliphatic carbocycles. The van der Waals surface area contributed by atoms with E-state index in [0.717, 1.165) is 25.9 Å². The molecule has 1 atom stereocenters. The minimum Gasteiger partial charge on any atom is -0.385 e. The molecule has 17 heavy (non-hydrogen) atoms. The van der Waals surface area contributed by atoms with Crippen molar-refractivity contribution in [1.82, 2.24) is 4.90 Å². The molecule has 0 saturated carbocycles.